The number of carbonyl (C=O) groups is 3. The van der Waals surface area contributed by atoms with Crippen LogP contribution in [-0.2, 0) is 9.59 Å². The quantitative estimate of drug-likeness (QED) is 0.800. The number of benzene rings is 1. The van der Waals surface area contributed by atoms with Crippen LogP contribution in [0.5, 0.6) is 0 Å². The average molecular weight is 401 g/mol. The third-order valence-electron chi connectivity index (χ3n) is 4.08. The first-order chi connectivity index (χ1) is 13.0. The van der Waals surface area contributed by atoms with Gasteiger partial charge in [-0.05, 0) is 40.9 Å². The monoisotopic (exact) mass is 401 g/mol. The summed E-state index contributed by atoms with van der Waals surface area (Å²) >= 11 is 2.18. The van der Waals surface area contributed by atoms with Gasteiger partial charge >= 0.3 is 0 Å². The summed E-state index contributed by atoms with van der Waals surface area (Å²) in [5, 5.41) is 9.26. The van der Waals surface area contributed by atoms with Crippen LogP contribution in [0.15, 0.2) is 57.9 Å². The Morgan fingerprint density at radius 1 is 1.26 bits per heavy atom. The maximum absolute atomic E-state index is 13.2. The van der Waals surface area contributed by atoms with Gasteiger partial charge in [0.1, 0.15) is 5.82 Å². The minimum Gasteiger partial charge on any atom is -0.282 e. The molecule has 1 aromatic carbocycles. The molecule has 0 bridgehead atoms. The number of hydrogen-bond donors (Lipinski definition) is 1. The lowest BCUT2D eigenvalue weighted by Crippen LogP contribution is -2.25. The molecular formula is C18H12FN3O3S2. The number of carbonyl (C=O) groups excluding carboxylic acids is 3. The van der Waals surface area contributed by atoms with Crippen LogP contribution in [0.3, 0.4) is 0 Å². The molecule has 4 rings (SSSR count). The molecule has 27 heavy (non-hydrogen) atoms. The van der Waals surface area contributed by atoms with E-state index in [1.165, 1.54) is 28.5 Å². The van der Waals surface area contributed by atoms with E-state index in [1.54, 1.807) is 12.1 Å². The third kappa shape index (κ3) is 3.56. The lowest BCUT2D eigenvalue weighted by Gasteiger charge is -2.19. The van der Waals surface area contributed by atoms with Crippen molar-refractivity contribution in [2.75, 3.05) is 0 Å². The second-order valence-corrected chi connectivity index (χ2v) is 7.82. The van der Waals surface area contributed by atoms with Crippen molar-refractivity contribution in [3.63, 3.8) is 0 Å². The number of amides is 3. The summed E-state index contributed by atoms with van der Waals surface area (Å²) in [4.78, 5) is 36.8. The maximum atomic E-state index is 13.2. The standard InChI is InChI=1S/C18H12FN3O3S2/c19-11-5-3-10(4-6-11)12-8-13(14-2-1-7-26-14)22(21-12)16(23)9-15-17(24)20-18(25)27-15/h1-7,9,13H,8H2,(H,20,24,25)/b15-9-. The molecule has 1 atom stereocenters. The molecule has 2 aliphatic rings. The van der Waals surface area contributed by atoms with Gasteiger partial charge in [0.15, 0.2) is 0 Å². The van der Waals surface area contributed by atoms with Gasteiger partial charge in [-0.3, -0.25) is 19.7 Å². The van der Waals surface area contributed by atoms with Crippen LogP contribution in [0.1, 0.15) is 22.9 Å². The van der Waals surface area contributed by atoms with Crippen LogP contribution < -0.4 is 5.32 Å². The third-order valence-corrected chi connectivity index (χ3v) is 5.87. The summed E-state index contributed by atoms with van der Waals surface area (Å²) in [5.41, 5.74) is 1.38. The normalized spacial score (nSPS) is 20.9. The van der Waals surface area contributed by atoms with Crippen molar-refractivity contribution in [1.29, 1.82) is 0 Å². The maximum Gasteiger partial charge on any atom is 0.290 e. The number of hydrazone groups is 1. The summed E-state index contributed by atoms with van der Waals surface area (Å²) in [6, 6.07) is 9.39. The molecule has 0 spiro atoms. The summed E-state index contributed by atoms with van der Waals surface area (Å²) in [6.45, 7) is 0. The van der Waals surface area contributed by atoms with E-state index < -0.39 is 17.1 Å². The summed E-state index contributed by atoms with van der Waals surface area (Å²) in [5.74, 6) is -1.43. The molecule has 2 aliphatic heterocycles. The zero-order valence-electron chi connectivity index (χ0n) is 13.7. The number of nitrogens with one attached hydrogen (secondary N) is 1. The number of halogens is 1. The SMILES string of the molecule is O=C1NC(=O)/C(=C/C(=O)N2N=C(c3ccc(F)cc3)CC2c2cccs2)S1. The van der Waals surface area contributed by atoms with Gasteiger partial charge in [-0.15, -0.1) is 11.3 Å². The fraction of sp³-hybridized carbons (Fsp3) is 0.111. The first kappa shape index (κ1) is 17.6. The molecule has 136 valence electrons. The van der Waals surface area contributed by atoms with Gasteiger partial charge < -0.3 is 0 Å². The molecule has 0 saturated carbocycles. The second-order valence-electron chi connectivity index (χ2n) is 5.82. The molecule has 1 N–H and O–H groups in total. The first-order valence-corrected chi connectivity index (χ1v) is 9.66. The zero-order chi connectivity index (χ0) is 19.0. The van der Waals surface area contributed by atoms with Gasteiger partial charge in [-0.25, -0.2) is 9.40 Å². The van der Waals surface area contributed by atoms with Crippen molar-refractivity contribution >= 4 is 45.9 Å². The lowest BCUT2D eigenvalue weighted by molar-refractivity contribution is -0.128. The van der Waals surface area contributed by atoms with Crippen LogP contribution in [0, 0.1) is 5.82 Å². The van der Waals surface area contributed by atoms with E-state index in [0.29, 0.717) is 23.9 Å². The summed E-state index contributed by atoms with van der Waals surface area (Å²) in [7, 11) is 0. The van der Waals surface area contributed by atoms with Crippen LogP contribution >= 0.6 is 23.1 Å². The highest BCUT2D eigenvalue weighted by molar-refractivity contribution is 8.18. The van der Waals surface area contributed by atoms with E-state index in [4.69, 9.17) is 0 Å². The predicted octanol–water partition coefficient (Wildman–Crippen LogP) is 3.43. The molecule has 1 aromatic heterocycles. The van der Waals surface area contributed by atoms with Gasteiger partial charge in [0, 0.05) is 17.4 Å². The molecule has 2 aromatic rings. The Hall–Kier alpha value is -2.78. The number of imide groups is 1. The Bertz CT molecular complexity index is 984. The highest BCUT2D eigenvalue weighted by atomic mass is 32.2. The predicted molar refractivity (Wildman–Crippen MR) is 101 cm³/mol. The van der Waals surface area contributed by atoms with E-state index in [1.807, 2.05) is 17.5 Å². The van der Waals surface area contributed by atoms with Crippen molar-refractivity contribution in [2.24, 2.45) is 5.10 Å². The molecule has 6 nitrogen and oxygen atoms in total. The molecule has 3 heterocycles. The van der Waals surface area contributed by atoms with E-state index in [2.05, 4.69) is 10.4 Å². The molecule has 0 radical (unpaired) electrons. The van der Waals surface area contributed by atoms with Gasteiger partial charge in [0.25, 0.3) is 17.1 Å². The number of nitrogens with zero attached hydrogens (tertiary/aromatic N) is 2. The smallest absolute Gasteiger partial charge is 0.282 e. The molecule has 3 amide bonds. The van der Waals surface area contributed by atoms with Gasteiger partial charge in [0.2, 0.25) is 0 Å². The van der Waals surface area contributed by atoms with Gasteiger partial charge in [-0.1, -0.05) is 18.2 Å². The van der Waals surface area contributed by atoms with Crippen LogP contribution in [-0.4, -0.2) is 27.8 Å². The molecule has 0 aliphatic carbocycles. The Labute approximate surface area is 161 Å². The fourth-order valence-electron chi connectivity index (χ4n) is 2.83. The van der Waals surface area contributed by atoms with Crippen LogP contribution in [0.4, 0.5) is 9.18 Å². The molecule has 9 heteroatoms. The van der Waals surface area contributed by atoms with Crippen molar-refractivity contribution < 1.29 is 18.8 Å². The minimum absolute atomic E-state index is 0.0420. The summed E-state index contributed by atoms with van der Waals surface area (Å²) < 4.78 is 13.2. The number of rotatable bonds is 3. The Balaban J connectivity index is 1.66. The molecular weight excluding hydrogens is 389 g/mol. The molecule has 1 unspecified atom stereocenters. The second kappa shape index (κ2) is 7.09. The van der Waals surface area contributed by atoms with Crippen molar-refractivity contribution in [3.8, 4) is 0 Å². The van der Waals surface area contributed by atoms with Gasteiger partial charge in [-0.2, -0.15) is 5.10 Å². The highest BCUT2D eigenvalue weighted by Gasteiger charge is 2.34. The average Bonchev–Trinajstić information content (AvgIpc) is 3.36. The van der Waals surface area contributed by atoms with Crippen molar-refractivity contribution in [1.82, 2.24) is 10.3 Å². The topological polar surface area (TPSA) is 78.8 Å². The van der Waals surface area contributed by atoms with E-state index in [0.717, 1.165) is 16.5 Å². The first-order valence-electron chi connectivity index (χ1n) is 7.96. The van der Waals surface area contributed by atoms with Crippen LogP contribution in [0.25, 0.3) is 0 Å². The molecule has 1 saturated heterocycles. The lowest BCUT2D eigenvalue weighted by atomic mass is 10.0. The zero-order valence-corrected chi connectivity index (χ0v) is 15.3. The van der Waals surface area contributed by atoms with E-state index >= 15 is 0 Å². The number of thioether (sulfide) groups is 1. The molecule has 1 fully saturated rings. The number of hydrogen-bond acceptors (Lipinski definition) is 6. The van der Waals surface area contributed by atoms with Gasteiger partial charge in [0.05, 0.1) is 16.7 Å². The fourth-order valence-corrected chi connectivity index (χ4v) is 4.29. The Morgan fingerprint density at radius 2 is 2.04 bits per heavy atom. The van der Waals surface area contributed by atoms with E-state index in [9.17, 15) is 18.8 Å². The van der Waals surface area contributed by atoms with Crippen molar-refractivity contribution in [3.05, 3.63) is 69.0 Å². The minimum atomic E-state index is -0.590. The highest BCUT2D eigenvalue weighted by Crippen LogP contribution is 2.36. The van der Waals surface area contributed by atoms with Crippen LogP contribution in [0.2, 0.25) is 0 Å². The number of thiophene rings is 1. The Kier molecular flexibility index (Phi) is 4.63. The summed E-state index contributed by atoms with van der Waals surface area (Å²) in [6.07, 6.45) is 1.60. The largest absolute Gasteiger partial charge is 0.290 e. The van der Waals surface area contributed by atoms with Crippen molar-refractivity contribution in [2.45, 2.75) is 12.5 Å². The van der Waals surface area contributed by atoms with E-state index in [-0.39, 0.29) is 16.8 Å². The Morgan fingerprint density at radius 3 is 2.67 bits per heavy atom.